The van der Waals surface area contributed by atoms with Crippen LogP contribution in [-0.4, -0.2) is 57.9 Å². The number of para-hydroxylation sites is 1. The highest BCUT2D eigenvalue weighted by atomic mass is 32.2. The van der Waals surface area contributed by atoms with Crippen LogP contribution in [0.1, 0.15) is 17.7 Å². The van der Waals surface area contributed by atoms with Crippen molar-refractivity contribution in [2.24, 2.45) is 0 Å². The smallest absolute Gasteiger partial charge is 0.262 e. The number of piperazine rings is 1. The van der Waals surface area contributed by atoms with Crippen molar-refractivity contribution in [2.75, 3.05) is 37.6 Å². The highest BCUT2D eigenvalue weighted by Crippen LogP contribution is 2.16. The molecule has 1 saturated heterocycles. The van der Waals surface area contributed by atoms with Crippen LogP contribution in [0.2, 0.25) is 0 Å². The number of sulfonamides is 1. The number of hydrazine groups is 1. The van der Waals surface area contributed by atoms with Gasteiger partial charge in [-0.25, -0.2) is 13.1 Å². The molecule has 4 rings (SSSR count). The minimum Gasteiger partial charge on any atom is -0.468 e. The summed E-state index contributed by atoms with van der Waals surface area (Å²) in [5.74, 6) is -0.256. The molecule has 3 N–H and O–H groups in total. The van der Waals surface area contributed by atoms with Crippen LogP contribution in [0.15, 0.2) is 88.4 Å². The summed E-state index contributed by atoms with van der Waals surface area (Å²) in [4.78, 5) is 28.9. The van der Waals surface area contributed by atoms with Gasteiger partial charge >= 0.3 is 0 Å². The fourth-order valence-electron chi connectivity index (χ4n) is 3.96. The first-order chi connectivity index (χ1) is 18.4. The topological polar surface area (TPSA) is 124 Å². The third-order valence-electron chi connectivity index (χ3n) is 6.11. The van der Waals surface area contributed by atoms with E-state index in [0.29, 0.717) is 17.9 Å². The van der Waals surface area contributed by atoms with Crippen molar-refractivity contribution in [2.45, 2.75) is 17.9 Å². The maximum atomic E-state index is 12.4. The average molecular weight is 538 g/mol. The minimum absolute atomic E-state index is 0.0494. The molecule has 11 heteroatoms. The van der Waals surface area contributed by atoms with Crippen LogP contribution in [0.5, 0.6) is 0 Å². The van der Waals surface area contributed by atoms with E-state index in [4.69, 9.17) is 4.42 Å². The van der Waals surface area contributed by atoms with Gasteiger partial charge in [0.2, 0.25) is 15.9 Å². The summed E-state index contributed by atoms with van der Waals surface area (Å²) in [6.45, 7) is 4.22. The average Bonchev–Trinajstić information content (AvgIpc) is 3.48. The molecule has 0 bridgehead atoms. The molecule has 0 spiro atoms. The molecule has 1 aliphatic heterocycles. The predicted molar refractivity (Wildman–Crippen MR) is 144 cm³/mol. The number of benzene rings is 2. The largest absolute Gasteiger partial charge is 0.468 e. The second-order valence-corrected chi connectivity index (χ2v) is 10.5. The Hall–Kier alpha value is -3.93. The Morgan fingerprint density at radius 2 is 1.63 bits per heavy atom. The number of anilines is 1. The first kappa shape index (κ1) is 27.1. The van der Waals surface area contributed by atoms with Gasteiger partial charge in [0.15, 0.2) is 0 Å². The summed E-state index contributed by atoms with van der Waals surface area (Å²) in [5.41, 5.74) is 6.63. The van der Waals surface area contributed by atoms with E-state index in [1.54, 1.807) is 24.3 Å². The van der Waals surface area contributed by atoms with E-state index in [0.717, 1.165) is 26.2 Å². The van der Waals surface area contributed by atoms with E-state index in [2.05, 4.69) is 37.5 Å². The zero-order valence-electron chi connectivity index (χ0n) is 20.9. The van der Waals surface area contributed by atoms with E-state index >= 15 is 0 Å². The van der Waals surface area contributed by atoms with Gasteiger partial charge in [0.05, 0.1) is 17.7 Å². The zero-order chi connectivity index (χ0) is 26.8. The van der Waals surface area contributed by atoms with Gasteiger partial charge in [-0.1, -0.05) is 30.3 Å². The Morgan fingerprint density at radius 1 is 0.895 bits per heavy atom. The Balaban J connectivity index is 1.14. The van der Waals surface area contributed by atoms with Gasteiger partial charge < -0.3 is 9.32 Å². The normalized spacial score (nSPS) is 14.5. The van der Waals surface area contributed by atoms with Crippen LogP contribution in [-0.2, 0) is 26.2 Å². The quantitative estimate of drug-likeness (QED) is 0.267. The number of amides is 2. The third-order valence-corrected chi connectivity index (χ3v) is 7.53. The molecule has 0 unspecified atom stereocenters. The number of hydrogen-bond acceptors (Lipinski definition) is 7. The number of nitrogens with one attached hydrogen (secondary N) is 3. The standard InChI is InChI=1S/C27H31N5O5S/c33-26(13-10-22-8-11-25(12-9-22)38(35,36)28-21-24-7-4-20-37-24)29-30-27(34)14-15-31-16-18-32(19-17-31)23-5-2-1-3-6-23/h1-13,20,28H,14-19,21H2,(H,29,33)(H,30,34)/b13-10+. The lowest BCUT2D eigenvalue weighted by molar-refractivity contribution is -0.127. The first-order valence-corrected chi connectivity index (χ1v) is 13.8. The van der Waals surface area contributed by atoms with Gasteiger partial charge in [-0.3, -0.25) is 25.3 Å². The molecule has 10 nitrogen and oxygen atoms in total. The molecule has 3 aromatic rings. The van der Waals surface area contributed by atoms with Crippen LogP contribution < -0.4 is 20.5 Å². The van der Waals surface area contributed by atoms with Crippen LogP contribution in [0, 0.1) is 0 Å². The third kappa shape index (κ3) is 8.04. The Kier molecular flexibility index (Phi) is 9.30. The Labute approximate surface area is 222 Å². The Morgan fingerprint density at radius 3 is 2.32 bits per heavy atom. The molecule has 0 atom stereocenters. The molecule has 38 heavy (non-hydrogen) atoms. The lowest BCUT2D eigenvalue weighted by Gasteiger charge is -2.36. The fourth-order valence-corrected chi connectivity index (χ4v) is 4.95. The maximum absolute atomic E-state index is 12.4. The van der Waals surface area contributed by atoms with Crippen molar-refractivity contribution < 1.29 is 22.4 Å². The van der Waals surface area contributed by atoms with Crippen molar-refractivity contribution in [3.05, 3.63) is 90.4 Å². The monoisotopic (exact) mass is 537 g/mol. The van der Waals surface area contributed by atoms with Crippen molar-refractivity contribution in [1.29, 1.82) is 0 Å². The molecule has 1 fully saturated rings. The summed E-state index contributed by atoms with van der Waals surface area (Å²) >= 11 is 0. The number of carbonyl (C=O) groups excluding carboxylic acids is 2. The van der Waals surface area contributed by atoms with Crippen molar-refractivity contribution in [3.8, 4) is 0 Å². The van der Waals surface area contributed by atoms with E-state index in [-0.39, 0.29) is 23.8 Å². The van der Waals surface area contributed by atoms with Crippen LogP contribution in [0.4, 0.5) is 5.69 Å². The second-order valence-electron chi connectivity index (χ2n) is 8.76. The van der Waals surface area contributed by atoms with Crippen LogP contribution in [0.25, 0.3) is 6.08 Å². The van der Waals surface area contributed by atoms with Crippen LogP contribution in [0.3, 0.4) is 0 Å². The molecule has 200 valence electrons. The summed E-state index contributed by atoms with van der Waals surface area (Å²) in [6.07, 6.45) is 4.54. The van der Waals surface area contributed by atoms with Gasteiger partial charge in [0.25, 0.3) is 5.91 Å². The maximum Gasteiger partial charge on any atom is 0.262 e. The van der Waals surface area contributed by atoms with E-state index < -0.39 is 15.9 Å². The van der Waals surface area contributed by atoms with Crippen molar-refractivity contribution >= 4 is 33.6 Å². The van der Waals surface area contributed by atoms with Crippen molar-refractivity contribution in [1.82, 2.24) is 20.5 Å². The molecule has 0 radical (unpaired) electrons. The van der Waals surface area contributed by atoms with Crippen LogP contribution >= 0.6 is 0 Å². The van der Waals surface area contributed by atoms with Crippen molar-refractivity contribution in [3.63, 3.8) is 0 Å². The molecule has 2 heterocycles. The molecular weight excluding hydrogens is 506 g/mol. The molecule has 1 aliphatic rings. The molecule has 1 aromatic heterocycles. The Bertz CT molecular complexity index is 1320. The minimum atomic E-state index is -3.70. The highest BCUT2D eigenvalue weighted by Gasteiger charge is 2.18. The number of rotatable bonds is 10. The fraction of sp³-hybridized carbons (Fsp3) is 0.259. The summed E-state index contributed by atoms with van der Waals surface area (Å²) in [5, 5.41) is 0. The van der Waals surface area contributed by atoms with E-state index in [9.17, 15) is 18.0 Å². The molecular formula is C27H31N5O5S. The molecule has 2 amide bonds. The van der Waals surface area contributed by atoms with Gasteiger partial charge in [0.1, 0.15) is 5.76 Å². The first-order valence-electron chi connectivity index (χ1n) is 12.3. The molecule has 2 aromatic carbocycles. The summed E-state index contributed by atoms with van der Waals surface area (Å²) in [7, 11) is -3.70. The zero-order valence-corrected chi connectivity index (χ0v) is 21.7. The summed E-state index contributed by atoms with van der Waals surface area (Å²) < 4.78 is 32.4. The van der Waals surface area contributed by atoms with E-state index in [1.165, 1.54) is 36.2 Å². The lowest BCUT2D eigenvalue weighted by atomic mass is 10.2. The lowest BCUT2D eigenvalue weighted by Crippen LogP contribution is -2.48. The van der Waals surface area contributed by atoms with Gasteiger partial charge in [-0.05, 0) is 48.0 Å². The van der Waals surface area contributed by atoms with Gasteiger partial charge in [0, 0.05) is 50.9 Å². The second kappa shape index (κ2) is 13.0. The SMILES string of the molecule is O=C(/C=C/c1ccc(S(=O)(=O)NCc2ccco2)cc1)NNC(=O)CCN1CCN(c2ccccc2)CC1. The number of furan rings is 1. The number of carbonyl (C=O) groups is 2. The highest BCUT2D eigenvalue weighted by molar-refractivity contribution is 7.89. The molecule has 0 saturated carbocycles. The number of hydrogen-bond donors (Lipinski definition) is 3. The van der Waals surface area contributed by atoms with Gasteiger partial charge in [-0.2, -0.15) is 0 Å². The predicted octanol–water partition coefficient (Wildman–Crippen LogP) is 2.13. The molecule has 0 aliphatic carbocycles. The summed E-state index contributed by atoms with van der Waals surface area (Å²) in [6, 6.07) is 19.7. The number of nitrogens with zero attached hydrogens (tertiary/aromatic N) is 2. The van der Waals surface area contributed by atoms with E-state index in [1.807, 2.05) is 18.2 Å². The van der Waals surface area contributed by atoms with Gasteiger partial charge in [-0.15, -0.1) is 0 Å².